The number of nitrogens with one attached hydrogen (secondary N) is 1. The summed E-state index contributed by atoms with van der Waals surface area (Å²) in [6.45, 7) is 4.31. The summed E-state index contributed by atoms with van der Waals surface area (Å²) in [4.78, 5) is 17.6. The van der Waals surface area contributed by atoms with E-state index < -0.39 is 0 Å². The van der Waals surface area contributed by atoms with E-state index in [1.165, 1.54) is 11.3 Å². The Morgan fingerprint density at radius 3 is 2.67 bits per heavy atom. The topological polar surface area (TPSA) is 69.0 Å². The second-order valence-electron chi connectivity index (χ2n) is 5.32. The van der Waals surface area contributed by atoms with Gasteiger partial charge in [0.1, 0.15) is 5.75 Å². The molecule has 0 aliphatic heterocycles. The SMILES string of the molecule is COc1ccc(-n2nc(C(=O)NCc3scnc3C)cc2C)cc1. The number of amides is 1. The van der Waals surface area contributed by atoms with Crippen LogP contribution >= 0.6 is 11.3 Å². The normalized spacial score (nSPS) is 10.6. The summed E-state index contributed by atoms with van der Waals surface area (Å²) >= 11 is 1.53. The number of aromatic nitrogens is 3. The van der Waals surface area contributed by atoms with Gasteiger partial charge in [-0.1, -0.05) is 0 Å². The van der Waals surface area contributed by atoms with Crippen molar-refractivity contribution in [2.45, 2.75) is 20.4 Å². The molecule has 2 aromatic heterocycles. The number of aryl methyl sites for hydroxylation is 2. The standard InChI is InChI=1S/C17H18N4O2S/c1-11-8-15(17(22)18-9-16-12(2)19-10-24-16)20-21(11)13-4-6-14(23-3)7-5-13/h4-8,10H,9H2,1-3H3,(H,18,22). The van der Waals surface area contributed by atoms with Gasteiger partial charge in [0, 0.05) is 10.6 Å². The van der Waals surface area contributed by atoms with Crippen LogP contribution in [0.4, 0.5) is 0 Å². The van der Waals surface area contributed by atoms with Crippen LogP contribution in [0.25, 0.3) is 5.69 Å². The number of carbonyl (C=O) groups excluding carboxylic acids is 1. The highest BCUT2D eigenvalue weighted by Gasteiger charge is 2.14. The zero-order chi connectivity index (χ0) is 17.1. The molecular weight excluding hydrogens is 324 g/mol. The van der Waals surface area contributed by atoms with Gasteiger partial charge in [-0.3, -0.25) is 4.79 Å². The third-order valence-corrected chi connectivity index (χ3v) is 4.63. The number of thiazole rings is 1. The van der Waals surface area contributed by atoms with E-state index in [1.54, 1.807) is 23.4 Å². The van der Waals surface area contributed by atoms with Crippen molar-refractivity contribution in [3.8, 4) is 11.4 Å². The number of rotatable bonds is 5. The number of methoxy groups -OCH3 is 1. The van der Waals surface area contributed by atoms with Crippen molar-refractivity contribution in [2.75, 3.05) is 7.11 Å². The van der Waals surface area contributed by atoms with Crippen LogP contribution in [0.5, 0.6) is 5.75 Å². The van der Waals surface area contributed by atoms with E-state index >= 15 is 0 Å². The van der Waals surface area contributed by atoms with Gasteiger partial charge in [0.2, 0.25) is 0 Å². The number of ether oxygens (including phenoxy) is 1. The predicted molar refractivity (Wildman–Crippen MR) is 92.9 cm³/mol. The summed E-state index contributed by atoms with van der Waals surface area (Å²) in [5.74, 6) is 0.583. The predicted octanol–water partition coefficient (Wildman–Crippen LogP) is 2.88. The number of nitrogens with zero attached hydrogens (tertiary/aromatic N) is 3. The lowest BCUT2D eigenvalue weighted by molar-refractivity contribution is 0.0946. The molecule has 3 rings (SSSR count). The van der Waals surface area contributed by atoms with E-state index in [-0.39, 0.29) is 5.91 Å². The van der Waals surface area contributed by atoms with E-state index in [2.05, 4.69) is 15.4 Å². The quantitative estimate of drug-likeness (QED) is 0.774. The Bertz CT molecular complexity index is 852. The molecule has 0 radical (unpaired) electrons. The maximum atomic E-state index is 12.3. The highest BCUT2D eigenvalue weighted by atomic mass is 32.1. The first kappa shape index (κ1) is 16.2. The number of carbonyl (C=O) groups is 1. The maximum Gasteiger partial charge on any atom is 0.272 e. The Balaban J connectivity index is 1.75. The lowest BCUT2D eigenvalue weighted by Gasteiger charge is -2.05. The van der Waals surface area contributed by atoms with E-state index in [9.17, 15) is 4.79 Å². The Kier molecular flexibility index (Phi) is 4.61. The molecule has 3 aromatic rings. The van der Waals surface area contributed by atoms with Crippen LogP contribution < -0.4 is 10.1 Å². The monoisotopic (exact) mass is 342 g/mol. The molecule has 24 heavy (non-hydrogen) atoms. The number of hydrogen-bond donors (Lipinski definition) is 1. The minimum Gasteiger partial charge on any atom is -0.497 e. The Hall–Kier alpha value is -2.67. The third-order valence-electron chi connectivity index (χ3n) is 3.69. The summed E-state index contributed by atoms with van der Waals surface area (Å²) in [6.07, 6.45) is 0. The van der Waals surface area contributed by atoms with Gasteiger partial charge in [-0.15, -0.1) is 11.3 Å². The first-order valence-corrected chi connectivity index (χ1v) is 8.34. The molecule has 0 spiro atoms. The Labute approximate surface area is 144 Å². The molecule has 1 amide bonds. The van der Waals surface area contributed by atoms with Crippen LogP contribution in [0.3, 0.4) is 0 Å². The van der Waals surface area contributed by atoms with E-state index in [1.807, 2.05) is 38.1 Å². The second kappa shape index (κ2) is 6.84. The van der Waals surface area contributed by atoms with Gasteiger partial charge >= 0.3 is 0 Å². The molecule has 0 bridgehead atoms. The lowest BCUT2D eigenvalue weighted by Crippen LogP contribution is -2.23. The van der Waals surface area contributed by atoms with Crippen molar-refractivity contribution in [2.24, 2.45) is 0 Å². The van der Waals surface area contributed by atoms with Gasteiger partial charge < -0.3 is 10.1 Å². The highest BCUT2D eigenvalue weighted by molar-refractivity contribution is 7.09. The van der Waals surface area contributed by atoms with Crippen molar-refractivity contribution >= 4 is 17.2 Å². The largest absolute Gasteiger partial charge is 0.497 e. The highest BCUT2D eigenvalue weighted by Crippen LogP contribution is 2.17. The Morgan fingerprint density at radius 1 is 1.29 bits per heavy atom. The summed E-state index contributed by atoms with van der Waals surface area (Å²) < 4.78 is 6.90. The molecule has 0 saturated heterocycles. The van der Waals surface area contributed by atoms with Crippen molar-refractivity contribution in [1.29, 1.82) is 0 Å². The van der Waals surface area contributed by atoms with Crippen LogP contribution in [-0.2, 0) is 6.54 Å². The van der Waals surface area contributed by atoms with Gasteiger partial charge in [0.15, 0.2) is 5.69 Å². The summed E-state index contributed by atoms with van der Waals surface area (Å²) in [6, 6.07) is 9.31. The van der Waals surface area contributed by atoms with E-state index in [0.717, 1.165) is 27.7 Å². The molecule has 1 aromatic carbocycles. The lowest BCUT2D eigenvalue weighted by atomic mass is 10.3. The van der Waals surface area contributed by atoms with Crippen molar-refractivity contribution in [3.05, 3.63) is 57.8 Å². The van der Waals surface area contributed by atoms with E-state index in [0.29, 0.717) is 12.2 Å². The van der Waals surface area contributed by atoms with Crippen molar-refractivity contribution in [3.63, 3.8) is 0 Å². The van der Waals surface area contributed by atoms with Gasteiger partial charge in [0.25, 0.3) is 5.91 Å². The van der Waals surface area contributed by atoms with Crippen LogP contribution in [-0.4, -0.2) is 27.8 Å². The molecular formula is C17H18N4O2S. The maximum absolute atomic E-state index is 12.3. The first-order valence-electron chi connectivity index (χ1n) is 7.46. The summed E-state index contributed by atoms with van der Waals surface area (Å²) in [7, 11) is 1.63. The minimum absolute atomic E-state index is 0.196. The van der Waals surface area contributed by atoms with Crippen LogP contribution in [0.1, 0.15) is 26.8 Å². The minimum atomic E-state index is -0.196. The molecule has 2 heterocycles. The van der Waals surface area contributed by atoms with Crippen LogP contribution in [0, 0.1) is 13.8 Å². The van der Waals surface area contributed by atoms with E-state index in [4.69, 9.17) is 4.74 Å². The average Bonchev–Trinajstić information content (AvgIpc) is 3.18. The molecule has 0 unspecified atom stereocenters. The molecule has 1 N–H and O–H groups in total. The van der Waals surface area contributed by atoms with Crippen LogP contribution in [0.2, 0.25) is 0 Å². The fraction of sp³-hybridized carbons (Fsp3) is 0.235. The number of benzene rings is 1. The summed E-state index contributed by atoms with van der Waals surface area (Å²) in [5, 5.41) is 7.30. The fourth-order valence-electron chi connectivity index (χ4n) is 2.32. The first-order chi connectivity index (χ1) is 11.6. The molecule has 0 aliphatic carbocycles. The molecule has 6 nitrogen and oxygen atoms in total. The van der Waals surface area contributed by atoms with Gasteiger partial charge in [-0.25, -0.2) is 9.67 Å². The van der Waals surface area contributed by atoms with Crippen molar-refractivity contribution < 1.29 is 9.53 Å². The summed E-state index contributed by atoms with van der Waals surface area (Å²) in [5.41, 5.74) is 4.88. The van der Waals surface area contributed by atoms with Crippen LogP contribution in [0.15, 0.2) is 35.8 Å². The Morgan fingerprint density at radius 2 is 2.04 bits per heavy atom. The molecule has 0 atom stereocenters. The van der Waals surface area contributed by atoms with Gasteiger partial charge in [-0.2, -0.15) is 5.10 Å². The zero-order valence-corrected chi connectivity index (χ0v) is 14.6. The molecule has 0 fully saturated rings. The average molecular weight is 342 g/mol. The molecule has 124 valence electrons. The molecule has 0 aliphatic rings. The molecule has 0 saturated carbocycles. The second-order valence-corrected chi connectivity index (χ2v) is 6.26. The van der Waals surface area contributed by atoms with Gasteiger partial charge in [0.05, 0.1) is 30.5 Å². The smallest absolute Gasteiger partial charge is 0.272 e. The molecule has 7 heteroatoms. The fourth-order valence-corrected chi connectivity index (χ4v) is 3.03. The van der Waals surface area contributed by atoms with Gasteiger partial charge in [-0.05, 0) is 44.2 Å². The van der Waals surface area contributed by atoms with Crippen molar-refractivity contribution in [1.82, 2.24) is 20.1 Å². The third kappa shape index (κ3) is 3.30. The number of hydrogen-bond acceptors (Lipinski definition) is 5. The zero-order valence-electron chi connectivity index (χ0n) is 13.7.